The van der Waals surface area contributed by atoms with E-state index in [-0.39, 0.29) is 5.56 Å². The van der Waals surface area contributed by atoms with Gasteiger partial charge in [-0.15, -0.1) is 0 Å². The highest BCUT2D eigenvalue weighted by atomic mass is 35.5. The molecule has 0 atom stereocenters. The van der Waals surface area contributed by atoms with E-state index in [1.807, 2.05) is 60.0 Å². The fourth-order valence-electron chi connectivity index (χ4n) is 4.07. The van der Waals surface area contributed by atoms with Crippen LogP contribution in [0.15, 0.2) is 53.3 Å². The van der Waals surface area contributed by atoms with Crippen molar-refractivity contribution in [2.24, 2.45) is 5.92 Å². The van der Waals surface area contributed by atoms with Crippen LogP contribution in [0.1, 0.15) is 31.7 Å². The first-order valence-corrected chi connectivity index (χ1v) is 11.2. The summed E-state index contributed by atoms with van der Waals surface area (Å²) in [5.41, 5.74) is 4.43. The molecule has 0 amide bonds. The molecule has 0 aliphatic heterocycles. The molecule has 162 valence electrons. The normalized spacial score (nSPS) is 11.9. The molecule has 0 aliphatic carbocycles. The number of benzene rings is 2. The summed E-state index contributed by atoms with van der Waals surface area (Å²) in [6, 6.07) is 15.4. The molecule has 5 aromatic rings. The van der Waals surface area contributed by atoms with Crippen molar-refractivity contribution < 1.29 is 0 Å². The molecule has 0 bridgehead atoms. The van der Waals surface area contributed by atoms with Crippen LogP contribution in [0.25, 0.3) is 33.2 Å². The van der Waals surface area contributed by atoms with Crippen LogP contribution in [0, 0.1) is 12.8 Å². The van der Waals surface area contributed by atoms with Crippen molar-refractivity contribution in [1.82, 2.24) is 24.1 Å². The first kappa shape index (κ1) is 20.6. The van der Waals surface area contributed by atoms with E-state index in [1.165, 1.54) is 0 Å². The maximum absolute atomic E-state index is 13.6. The van der Waals surface area contributed by atoms with Crippen molar-refractivity contribution in [3.8, 4) is 0 Å². The van der Waals surface area contributed by atoms with Crippen LogP contribution in [0.5, 0.6) is 0 Å². The highest BCUT2D eigenvalue weighted by molar-refractivity contribution is 6.30. The predicted molar refractivity (Wildman–Crippen MR) is 129 cm³/mol. The third-order valence-electron chi connectivity index (χ3n) is 5.83. The first-order chi connectivity index (χ1) is 15.4. The van der Waals surface area contributed by atoms with Crippen molar-refractivity contribution in [3.05, 3.63) is 75.3 Å². The molecule has 3 heterocycles. The Labute approximate surface area is 190 Å². The molecule has 5 rings (SSSR count). The Morgan fingerprint density at radius 2 is 1.59 bits per heavy atom. The van der Waals surface area contributed by atoms with Crippen LogP contribution in [-0.2, 0) is 13.1 Å². The van der Waals surface area contributed by atoms with Gasteiger partial charge in [-0.05, 0) is 49.1 Å². The van der Waals surface area contributed by atoms with Crippen molar-refractivity contribution in [2.45, 2.75) is 40.3 Å². The summed E-state index contributed by atoms with van der Waals surface area (Å²) < 4.78 is 3.76. The molecular formula is C25H24ClN5O. The Balaban J connectivity index is 1.82. The summed E-state index contributed by atoms with van der Waals surface area (Å²) >= 11 is 6.07. The van der Waals surface area contributed by atoms with Gasteiger partial charge in [0.05, 0.1) is 17.6 Å². The van der Waals surface area contributed by atoms with Gasteiger partial charge in [0.2, 0.25) is 0 Å². The first-order valence-electron chi connectivity index (χ1n) is 10.8. The lowest BCUT2D eigenvalue weighted by Crippen LogP contribution is -2.25. The second kappa shape index (κ2) is 8.02. The third-order valence-corrected chi connectivity index (χ3v) is 6.08. The average Bonchev–Trinajstić information content (AvgIpc) is 3.05. The largest absolute Gasteiger partial charge is 0.304 e. The molecule has 6 nitrogen and oxygen atoms in total. The molecule has 0 spiro atoms. The summed E-state index contributed by atoms with van der Waals surface area (Å²) in [6.45, 7) is 7.36. The zero-order valence-electron chi connectivity index (χ0n) is 18.3. The molecule has 3 aromatic heterocycles. The van der Waals surface area contributed by atoms with E-state index in [9.17, 15) is 4.79 Å². The minimum atomic E-state index is -0.0578. The molecule has 0 aliphatic rings. The third kappa shape index (κ3) is 3.54. The minimum Gasteiger partial charge on any atom is -0.304 e. The van der Waals surface area contributed by atoms with Gasteiger partial charge in [0, 0.05) is 11.6 Å². The Hall–Kier alpha value is -3.25. The lowest BCUT2D eigenvalue weighted by molar-refractivity contribution is 0.498. The smallest absolute Gasteiger partial charge is 0.265 e. The van der Waals surface area contributed by atoms with Crippen LogP contribution in [0.2, 0.25) is 5.02 Å². The van der Waals surface area contributed by atoms with Crippen molar-refractivity contribution in [2.75, 3.05) is 0 Å². The maximum Gasteiger partial charge on any atom is 0.265 e. The number of fused-ring (bicyclic) bond motifs is 4. The number of hydrogen-bond donors (Lipinski definition) is 0. The number of aryl methyl sites for hydroxylation is 1. The van der Waals surface area contributed by atoms with Gasteiger partial charge in [0.1, 0.15) is 16.7 Å². The van der Waals surface area contributed by atoms with Crippen molar-refractivity contribution >= 4 is 44.8 Å². The summed E-state index contributed by atoms with van der Waals surface area (Å²) in [5, 5.41) is 1.21. The number of halogens is 1. The minimum absolute atomic E-state index is 0.0578. The fourth-order valence-corrected chi connectivity index (χ4v) is 4.20. The van der Waals surface area contributed by atoms with Gasteiger partial charge < -0.3 is 4.57 Å². The van der Waals surface area contributed by atoms with Gasteiger partial charge in [0.25, 0.3) is 5.56 Å². The molecule has 0 saturated carbocycles. The molecule has 7 heteroatoms. The average molecular weight is 446 g/mol. The number of nitrogens with zero attached hydrogens (tertiary/aromatic N) is 5. The van der Waals surface area contributed by atoms with E-state index < -0.39 is 0 Å². The maximum atomic E-state index is 13.6. The second-order valence-corrected chi connectivity index (χ2v) is 9.03. The topological polar surface area (TPSA) is 65.6 Å². The van der Waals surface area contributed by atoms with E-state index in [1.54, 1.807) is 4.57 Å². The molecule has 0 unspecified atom stereocenters. The van der Waals surface area contributed by atoms with Crippen LogP contribution < -0.4 is 5.56 Å². The molecule has 2 aromatic carbocycles. The van der Waals surface area contributed by atoms with E-state index in [2.05, 4.69) is 13.8 Å². The van der Waals surface area contributed by atoms with E-state index in [0.29, 0.717) is 52.1 Å². The highest BCUT2D eigenvalue weighted by Crippen LogP contribution is 2.26. The number of aromatic nitrogens is 5. The van der Waals surface area contributed by atoms with Gasteiger partial charge in [-0.2, -0.15) is 0 Å². The lowest BCUT2D eigenvalue weighted by atomic mass is 10.1. The van der Waals surface area contributed by atoms with Gasteiger partial charge in [-0.25, -0.2) is 15.0 Å². The van der Waals surface area contributed by atoms with E-state index in [0.717, 1.165) is 23.0 Å². The van der Waals surface area contributed by atoms with E-state index >= 15 is 0 Å². The number of rotatable bonds is 5. The van der Waals surface area contributed by atoms with E-state index in [4.69, 9.17) is 26.6 Å². The van der Waals surface area contributed by atoms with Crippen LogP contribution in [0.4, 0.5) is 0 Å². The zero-order valence-corrected chi connectivity index (χ0v) is 19.1. The monoisotopic (exact) mass is 445 g/mol. The van der Waals surface area contributed by atoms with Gasteiger partial charge >= 0.3 is 0 Å². The van der Waals surface area contributed by atoms with Crippen LogP contribution >= 0.6 is 11.6 Å². The Morgan fingerprint density at radius 1 is 0.906 bits per heavy atom. The Kier molecular flexibility index (Phi) is 5.18. The zero-order chi connectivity index (χ0) is 22.4. The van der Waals surface area contributed by atoms with Gasteiger partial charge in [-0.1, -0.05) is 49.7 Å². The fraction of sp³-hybridized carbons (Fsp3) is 0.280. The summed E-state index contributed by atoms with van der Waals surface area (Å²) in [5.74, 6) is 1.19. The number of para-hydroxylation sites is 2. The van der Waals surface area contributed by atoms with Gasteiger partial charge in [0.15, 0.2) is 11.3 Å². The lowest BCUT2D eigenvalue weighted by Gasteiger charge is -2.12. The van der Waals surface area contributed by atoms with Gasteiger partial charge in [-0.3, -0.25) is 9.36 Å². The Bertz CT molecular complexity index is 1520. The van der Waals surface area contributed by atoms with Crippen LogP contribution in [0.3, 0.4) is 0 Å². The standard InChI is InChI=1S/C25H24ClN5O/c1-15(2)12-13-30-16(3)27-23-21(25(30)32)22-24(29-20-7-5-4-6-19(20)28-22)31(23)14-17-8-10-18(26)11-9-17/h4-11,15H,12-14H2,1-3H3. The van der Waals surface area contributed by atoms with Crippen molar-refractivity contribution in [3.63, 3.8) is 0 Å². The summed E-state index contributed by atoms with van der Waals surface area (Å²) in [6.07, 6.45) is 0.909. The molecule has 0 N–H and O–H groups in total. The molecule has 0 saturated heterocycles. The van der Waals surface area contributed by atoms with Crippen molar-refractivity contribution in [1.29, 1.82) is 0 Å². The molecule has 32 heavy (non-hydrogen) atoms. The summed E-state index contributed by atoms with van der Waals surface area (Å²) in [4.78, 5) is 28.3. The number of hydrogen-bond acceptors (Lipinski definition) is 4. The molecule has 0 fully saturated rings. The summed E-state index contributed by atoms with van der Waals surface area (Å²) in [7, 11) is 0. The second-order valence-electron chi connectivity index (χ2n) is 8.59. The Morgan fingerprint density at radius 3 is 2.28 bits per heavy atom. The molecular weight excluding hydrogens is 422 g/mol. The molecule has 0 radical (unpaired) electrons. The predicted octanol–water partition coefficient (Wildman–Crippen LogP) is 5.35. The van der Waals surface area contributed by atoms with Crippen LogP contribution in [-0.4, -0.2) is 24.1 Å². The SMILES string of the molecule is Cc1nc2c(c(=O)n1CCC(C)C)c1nc3ccccc3nc1n2Cc1ccc(Cl)cc1. The quantitative estimate of drug-likeness (QED) is 0.365. The highest BCUT2D eigenvalue weighted by Gasteiger charge is 2.21.